The SMILES string of the molecule is COc1ccc(-n2c(SCc3cccc(C)c3)nc3ccccc3c2=O)cc1OC. The van der Waals surface area contributed by atoms with Crippen LogP contribution in [0.5, 0.6) is 11.5 Å². The molecule has 0 aliphatic rings. The molecule has 5 nitrogen and oxygen atoms in total. The van der Waals surface area contributed by atoms with Crippen LogP contribution >= 0.6 is 11.8 Å². The molecule has 6 heteroatoms. The molecule has 0 spiro atoms. The second-order valence-corrected chi connectivity index (χ2v) is 7.81. The Morgan fingerprint density at radius 3 is 2.50 bits per heavy atom. The highest BCUT2D eigenvalue weighted by Gasteiger charge is 2.15. The molecular weight excluding hydrogens is 396 g/mol. The van der Waals surface area contributed by atoms with E-state index in [9.17, 15) is 4.79 Å². The largest absolute Gasteiger partial charge is 0.493 e. The molecule has 3 aromatic carbocycles. The van der Waals surface area contributed by atoms with Crippen LogP contribution in [0.4, 0.5) is 0 Å². The predicted molar refractivity (Wildman–Crippen MR) is 121 cm³/mol. The molecule has 0 amide bonds. The van der Waals surface area contributed by atoms with E-state index >= 15 is 0 Å². The van der Waals surface area contributed by atoms with Gasteiger partial charge in [0.25, 0.3) is 5.56 Å². The molecule has 0 fully saturated rings. The Hall–Kier alpha value is -3.25. The van der Waals surface area contributed by atoms with Gasteiger partial charge in [-0.1, -0.05) is 53.7 Å². The fourth-order valence-electron chi connectivity index (χ4n) is 3.35. The van der Waals surface area contributed by atoms with Crippen LogP contribution in [0, 0.1) is 6.92 Å². The van der Waals surface area contributed by atoms with E-state index in [2.05, 4.69) is 25.1 Å². The Labute approximate surface area is 179 Å². The molecule has 0 saturated heterocycles. The van der Waals surface area contributed by atoms with Gasteiger partial charge in [0.1, 0.15) is 0 Å². The molecule has 0 radical (unpaired) electrons. The Bertz CT molecular complexity index is 1270. The molecule has 0 aliphatic heterocycles. The van der Waals surface area contributed by atoms with E-state index in [0.29, 0.717) is 39.0 Å². The van der Waals surface area contributed by atoms with Crippen molar-refractivity contribution in [3.05, 3.63) is 88.2 Å². The Morgan fingerprint density at radius 2 is 1.73 bits per heavy atom. The summed E-state index contributed by atoms with van der Waals surface area (Å²) in [6, 6.07) is 21.2. The molecule has 0 bridgehead atoms. The molecule has 0 unspecified atom stereocenters. The highest BCUT2D eigenvalue weighted by Crippen LogP contribution is 2.31. The first-order valence-corrected chi connectivity index (χ1v) is 10.5. The topological polar surface area (TPSA) is 53.4 Å². The zero-order chi connectivity index (χ0) is 21.1. The van der Waals surface area contributed by atoms with Gasteiger partial charge in [0.2, 0.25) is 0 Å². The van der Waals surface area contributed by atoms with E-state index in [1.807, 2.05) is 30.3 Å². The van der Waals surface area contributed by atoms with Crippen LogP contribution in [-0.4, -0.2) is 23.8 Å². The maximum atomic E-state index is 13.4. The van der Waals surface area contributed by atoms with Crippen molar-refractivity contribution in [3.8, 4) is 17.2 Å². The number of hydrogen-bond acceptors (Lipinski definition) is 5. The van der Waals surface area contributed by atoms with Crippen LogP contribution in [0.25, 0.3) is 16.6 Å². The first kappa shape index (κ1) is 20.0. The fourth-order valence-corrected chi connectivity index (χ4v) is 4.31. The molecule has 4 aromatic rings. The van der Waals surface area contributed by atoms with Gasteiger partial charge in [-0.25, -0.2) is 4.98 Å². The van der Waals surface area contributed by atoms with Crippen molar-refractivity contribution >= 4 is 22.7 Å². The van der Waals surface area contributed by atoms with Gasteiger partial charge in [-0.2, -0.15) is 0 Å². The highest BCUT2D eigenvalue weighted by atomic mass is 32.2. The number of rotatable bonds is 6. The number of para-hydroxylation sites is 1. The lowest BCUT2D eigenvalue weighted by molar-refractivity contribution is 0.354. The minimum Gasteiger partial charge on any atom is -0.493 e. The van der Waals surface area contributed by atoms with Gasteiger partial charge in [0, 0.05) is 11.8 Å². The number of benzene rings is 3. The van der Waals surface area contributed by atoms with Crippen LogP contribution in [-0.2, 0) is 5.75 Å². The van der Waals surface area contributed by atoms with Crippen LogP contribution in [0.3, 0.4) is 0 Å². The average Bonchev–Trinajstić information content (AvgIpc) is 2.77. The second-order valence-electron chi connectivity index (χ2n) is 6.87. The minimum absolute atomic E-state index is 0.112. The smallest absolute Gasteiger partial charge is 0.266 e. The van der Waals surface area contributed by atoms with Gasteiger partial charge in [-0.15, -0.1) is 0 Å². The molecule has 0 aliphatic carbocycles. The van der Waals surface area contributed by atoms with Crippen molar-refractivity contribution in [2.24, 2.45) is 0 Å². The quantitative estimate of drug-likeness (QED) is 0.326. The first-order chi connectivity index (χ1) is 14.6. The lowest BCUT2D eigenvalue weighted by Crippen LogP contribution is -2.21. The van der Waals surface area contributed by atoms with Crippen molar-refractivity contribution in [1.29, 1.82) is 0 Å². The van der Waals surface area contributed by atoms with Gasteiger partial charge in [-0.3, -0.25) is 9.36 Å². The Balaban J connectivity index is 1.85. The zero-order valence-corrected chi connectivity index (χ0v) is 17.9. The number of aromatic nitrogens is 2. The second kappa shape index (κ2) is 8.63. The first-order valence-electron chi connectivity index (χ1n) is 9.53. The Kier molecular flexibility index (Phi) is 5.77. The lowest BCUT2D eigenvalue weighted by Gasteiger charge is -2.15. The maximum absolute atomic E-state index is 13.4. The minimum atomic E-state index is -0.112. The third-order valence-electron chi connectivity index (χ3n) is 4.82. The predicted octanol–water partition coefficient (Wildman–Crippen LogP) is 5.00. The van der Waals surface area contributed by atoms with Crippen LogP contribution in [0.2, 0.25) is 0 Å². The summed E-state index contributed by atoms with van der Waals surface area (Å²) in [5, 5.41) is 1.21. The summed E-state index contributed by atoms with van der Waals surface area (Å²) >= 11 is 1.54. The van der Waals surface area contributed by atoms with Gasteiger partial charge in [-0.05, 0) is 36.8 Å². The summed E-state index contributed by atoms with van der Waals surface area (Å²) in [7, 11) is 3.17. The lowest BCUT2D eigenvalue weighted by atomic mass is 10.2. The standard InChI is InChI=1S/C24H22N2O3S/c1-16-7-6-8-17(13-16)15-30-24-25-20-10-5-4-9-19(20)23(27)26(24)18-11-12-21(28-2)22(14-18)29-3/h4-14H,15H2,1-3H3. The van der Waals surface area contributed by atoms with E-state index in [1.165, 1.54) is 22.9 Å². The van der Waals surface area contributed by atoms with E-state index in [1.54, 1.807) is 37.0 Å². The maximum Gasteiger partial charge on any atom is 0.266 e. The zero-order valence-electron chi connectivity index (χ0n) is 17.1. The number of nitrogens with zero attached hydrogens (tertiary/aromatic N) is 2. The normalized spacial score (nSPS) is 10.9. The summed E-state index contributed by atoms with van der Waals surface area (Å²) in [5.74, 6) is 1.88. The fraction of sp³-hybridized carbons (Fsp3) is 0.167. The van der Waals surface area contributed by atoms with Crippen LogP contribution in [0.15, 0.2) is 76.7 Å². The Morgan fingerprint density at radius 1 is 0.933 bits per heavy atom. The highest BCUT2D eigenvalue weighted by molar-refractivity contribution is 7.98. The van der Waals surface area contributed by atoms with Crippen molar-refractivity contribution in [2.45, 2.75) is 17.8 Å². The summed E-state index contributed by atoms with van der Waals surface area (Å²) in [5.41, 5.74) is 3.64. The van der Waals surface area contributed by atoms with Crippen LogP contribution in [0.1, 0.15) is 11.1 Å². The van der Waals surface area contributed by atoms with Crippen molar-refractivity contribution in [2.75, 3.05) is 14.2 Å². The van der Waals surface area contributed by atoms with E-state index in [4.69, 9.17) is 14.5 Å². The molecule has 0 saturated carbocycles. The van der Waals surface area contributed by atoms with E-state index in [-0.39, 0.29) is 5.56 Å². The van der Waals surface area contributed by atoms with Crippen LogP contribution < -0.4 is 15.0 Å². The van der Waals surface area contributed by atoms with Crippen molar-refractivity contribution in [1.82, 2.24) is 9.55 Å². The van der Waals surface area contributed by atoms with Gasteiger partial charge >= 0.3 is 0 Å². The van der Waals surface area contributed by atoms with Crippen molar-refractivity contribution < 1.29 is 9.47 Å². The number of hydrogen-bond donors (Lipinski definition) is 0. The van der Waals surface area contributed by atoms with Gasteiger partial charge in [0.05, 0.1) is 30.8 Å². The number of aryl methyl sites for hydroxylation is 1. The number of thioether (sulfide) groups is 1. The summed E-state index contributed by atoms with van der Waals surface area (Å²) in [6.45, 7) is 2.07. The van der Waals surface area contributed by atoms with E-state index < -0.39 is 0 Å². The molecule has 1 aromatic heterocycles. The summed E-state index contributed by atoms with van der Waals surface area (Å²) in [6.07, 6.45) is 0. The summed E-state index contributed by atoms with van der Waals surface area (Å²) in [4.78, 5) is 18.2. The van der Waals surface area contributed by atoms with E-state index in [0.717, 1.165) is 0 Å². The van der Waals surface area contributed by atoms with Crippen molar-refractivity contribution in [3.63, 3.8) is 0 Å². The number of fused-ring (bicyclic) bond motifs is 1. The monoisotopic (exact) mass is 418 g/mol. The third kappa shape index (κ3) is 3.91. The summed E-state index contributed by atoms with van der Waals surface area (Å²) < 4.78 is 12.4. The average molecular weight is 419 g/mol. The molecular formula is C24H22N2O3S. The molecule has 152 valence electrons. The molecule has 1 heterocycles. The molecule has 0 atom stereocenters. The molecule has 30 heavy (non-hydrogen) atoms. The number of methoxy groups -OCH3 is 2. The van der Waals surface area contributed by atoms with Gasteiger partial charge in [0.15, 0.2) is 16.7 Å². The third-order valence-corrected chi connectivity index (χ3v) is 5.83. The number of ether oxygens (including phenoxy) is 2. The molecule has 4 rings (SSSR count). The van der Waals surface area contributed by atoms with Gasteiger partial charge < -0.3 is 9.47 Å². The molecule has 0 N–H and O–H groups in total.